The fourth-order valence-corrected chi connectivity index (χ4v) is 5.67. The molecule has 0 heterocycles. The lowest BCUT2D eigenvalue weighted by Gasteiger charge is -1.93. The number of hydrogen-bond donors (Lipinski definition) is 0. The van der Waals surface area contributed by atoms with Crippen LogP contribution >= 0.6 is 41.2 Å². The van der Waals surface area contributed by atoms with Gasteiger partial charge in [0.05, 0.1) is 0 Å². The maximum absolute atomic E-state index is 2.21. The summed E-state index contributed by atoms with van der Waals surface area (Å²) in [6, 6.07) is 0. The third kappa shape index (κ3) is 9.14. The quantitative estimate of drug-likeness (QED) is 0.465. The highest BCUT2D eigenvalue weighted by molar-refractivity contribution is 9.26. The van der Waals surface area contributed by atoms with E-state index in [1.165, 1.54) is 12.2 Å². The molecule has 0 fully saturated rings. The van der Waals surface area contributed by atoms with Crippen LogP contribution in [0.5, 0.6) is 0 Å². The average molecular weight is 212 g/mol. The van der Waals surface area contributed by atoms with Gasteiger partial charge in [-0.1, -0.05) is 34.6 Å². The first-order valence-electron chi connectivity index (χ1n) is 3.14. The van der Waals surface area contributed by atoms with Crippen molar-refractivity contribution >= 4 is 41.2 Å². The first kappa shape index (κ1) is 11.1. The lowest BCUT2D eigenvalue weighted by Crippen LogP contribution is -1.63. The molecule has 0 radical (unpaired) electrons. The lowest BCUT2D eigenvalue weighted by atomic mass is 10.6. The van der Waals surface area contributed by atoms with Gasteiger partial charge in [-0.15, -0.1) is 0 Å². The van der Waals surface area contributed by atoms with Crippen LogP contribution in [0.4, 0.5) is 0 Å². The molecule has 0 saturated carbocycles. The number of rotatable bonds is 6. The van der Waals surface area contributed by atoms with Crippen molar-refractivity contribution in [2.75, 3.05) is 5.75 Å². The van der Waals surface area contributed by atoms with Crippen molar-refractivity contribution in [1.82, 2.24) is 0 Å². The molecule has 0 aromatic rings. The van der Waals surface area contributed by atoms with Gasteiger partial charge in [-0.2, -0.15) is 0 Å². The molecule has 0 atom stereocenters. The standard InChI is InChI=1S/C6H12S4/c1-3-5-7-9-10-8-6-4-2/h3,5H,4,6H2,1-2H3/b5-3+. The van der Waals surface area contributed by atoms with Gasteiger partial charge in [-0.3, -0.25) is 0 Å². The van der Waals surface area contributed by atoms with Crippen molar-refractivity contribution in [2.45, 2.75) is 20.3 Å². The molecular weight excluding hydrogens is 200 g/mol. The molecule has 10 heavy (non-hydrogen) atoms. The summed E-state index contributed by atoms with van der Waals surface area (Å²) in [6.45, 7) is 4.24. The Morgan fingerprint density at radius 3 is 2.70 bits per heavy atom. The third-order valence-corrected chi connectivity index (χ3v) is 6.88. The van der Waals surface area contributed by atoms with E-state index in [1.807, 2.05) is 37.4 Å². The van der Waals surface area contributed by atoms with Gasteiger partial charge >= 0.3 is 0 Å². The average Bonchev–Trinajstić information content (AvgIpc) is 1.97. The maximum atomic E-state index is 2.21. The zero-order valence-electron chi connectivity index (χ0n) is 6.20. The van der Waals surface area contributed by atoms with Crippen LogP contribution in [-0.2, 0) is 0 Å². The van der Waals surface area contributed by atoms with E-state index < -0.39 is 0 Å². The summed E-state index contributed by atoms with van der Waals surface area (Å²) in [5.74, 6) is 1.26. The Kier molecular flexibility index (Phi) is 11.3. The predicted molar refractivity (Wildman–Crippen MR) is 60.3 cm³/mol. The zero-order valence-corrected chi connectivity index (χ0v) is 9.47. The molecule has 0 N–H and O–H groups in total. The molecule has 0 saturated heterocycles. The molecule has 0 rings (SSSR count). The van der Waals surface area contributed by atoms with Crippen molar-refractivity contribution < 1.29 is 0 Å². The SMILES string of the molecule is C/C=C/SSSSCCC. The van der Waals surface area contributed by atoms with E-state index in [0.717, 1.165) is 0 Å². The van der Waals surface area contributed by atoms with Crippen molar-refractivity contribution in [1.29, 1.82) is 0 Å². The minimum Gasteiger partial charge on any atom is -0.0817 e. The Morgan fingerprint density at radius 1 is 1.30 bits per heavy atom. The molecule has 0 bridgehead atoms. The Balaban J connectivity index is 2.77. The molecule has 0 nitrogen and oxygen atoms in total. The predicted octanol–water partition coefficient (Wildman–Crippen LogP) is 4.61. The van der Waals surface area contributed by atoms with Gasteiger partial charge in [0.15, 0.2) is 0 Å². The Hall–Kier alpha value is 1.14. The molecule has 0 amide bonds. The highest BCUT2D eigenvalue weighted by atomic mass is 33.7. The highest BCUT2D eigenvalue weighted by Crippen LogP contribution is 2.43. The summed E-state index contributed by atoms with van der Waals surface area (Å²) in [5, 5.41) is 2.10. The smallest absolute Gasteiger partial charge is 0.00428 e. The molecular formula is C6H12S4. The van der Waals surface area contributed by atoms with E-state index in [0.29, 0.717) is 0 Å². The fraction of sp³-hybridized carbons (Fsp3) is 0.667. The first-order chi connectivity index (χ1) is 4.91. The van der Waals surface area contributed by atoms with Crippen LogP contribution in [0.1, 0.15) is 20.3 Å². The van der Waals surface area contributed by atoms with Crippen molar-refractivity contribution in [3.63, 3.8) is 0 Å². The van der Waals surface area contributed by atoms with Crippen molar-refractivity contribution in [3.8, 4) is 0 Å². The second kappa shape index (κ2) is 10.1. The molecule has 0 aromatic heterocycles. The van der Waals surface area contributed by atoms with Crippen LogP contribution in [0, 0.1) is 0 Å². The largest absolute Gasteiger partial charge is 0.0817 e. The summed E-state index contributed by atoms with van der Waals surface area (Å²) < 4.78 is 0. The molecule has 60 valence electrons. The Labute approximate surface area is 78.6 Å². The normalized spacial score (nSPS) is 11.0. The van der Waals surface area contributed by atoms with Crippen LogP contribution in [0.25, 0.3) is 0 Å². The monoisotopic (exact) mass is 212 g/mol. The van der Waals surface area contributed by atoms with Crippen LogP contribution < -0.4 is 0 Å². The van der Waals surface area contributed by atoms with E-state index in [4.69, 9.17) is 0 Å². The molecule has 0 aliphatic heterocycles. The Morgan fingerprint density at radius 2 is 2.10 bits per heavy atom. The topological polar surface area (TPSA) is 0 Å². The van der Waals surface area contributed by atoms with Gasteiger partial charge < -0.3 is 0 Å². The van der Waals surface area contributed by atoms with Crippen molar-refractivity contribution in [3.05, 3.63) is 11.5 Å². The second-order valence-corrected chi connectivity index (χ2v) is 7.45. The second-order valence-electron chi connectivity index (χ2n) is 1.52. The van der Waals surface area contributed by atoms with Crippen LogP contribution in [0.3, 0.4) is 0 Å². The summed E-state index contributed by atoms with van der Waals surface area (Å²) in [5.41, 5.74) is 0. The van der Waals surface area contributed by atoms with Gasteiger partial charge in [-0.05, 0) is 38.4 Å². The minimum atomic E-state index is 1.26. The number of allylic oxidation sites excluding steroid dienone is 1. The summed E-state index contributed by atoms with van der Waals surface area (Å²) in [7, 11) is 7.40. The third-order valence-electron chi connectivity index (χ3n) is 0.594. The molecule has 0 aromatic carbocycles. The lowest BCUT2D eigenvalue weighted by molar-refractivity contribution is 1.11. The van der Waals surface area contributed by atoms with Gasteiger partial charge in [0.1, 0.15) is 0 Å². The van der Waals surface area contributed by atoms with Gasteiger partial charge in [0.2, 0.25) is 0 Å². The highest BCUT2D eigenvalue weighted by Gasteiger charge is 1.87. The Bertz CT molecular complexity index is 81.8. The fourth-order valence-electron chi connectivity index (χ4n) is 0.231. The van der Waals surface area contributed by atoms with E-state index >= 15 is 0 Å². The minimum absolute atomic E-state index is 1.26. The van der Waals surface area contributed by atoms with Gasteiger partial charge in [-0.25, -0.2) is 0 Å². The zero-order chi connectivity index (χ0) is 7.66. The van der Waals surface area contributed by atoms with Crippen molar-refractivity contribution in [2.24, 2.45) is 0 Å². The number of hydrogen-bond acceptors (Lipinski definition) is 4. The molecule has 0 unspecified atom stereocenters. The van der Waals surface area contributed by atoms with E-state index in [1.54, 1.807) is 10.8 Å². The maximum Gasteiger partial charge on any atom is 0.00428 e. The molecule has 4 heteroatoms. The van der Waals surface area contributed by atoms with E-state index in [9.17, 15) is 0 Å². The summed E-state index contributed by atoms with van der Waals surface area (Å²) >= 11 is 0. The van der Waals surface area contributed by atoms with E-state index in [2.05, 4.69) is 18.4 Å². The molecule has 0 spiro atoms. The van der Waals surface area contributed by atoms with Crippen LogP contribution in [0.2, 0.25) is 0 Å². The van der Waals surface area contributed by atoms with Crippen LogP contribution in [0.15, 0.2) is 11.5 Å². The molecule has 0 aliphatic carbocycles. The van der Waals surface area contributed by atoms with Crippen LogP contribution in [-0.4, -0.2) is 5.75 Å². The van der Waals surface area contributed by atoms with Gasteiger partial charge in [0.25, 0.3) is 0 Å². The first-order valence-corrected chi connectivity index (χ1v) is 8.19. The van der Waals surface area contributed by atoms with Gasteiger partial charge in [0, 0.05) is 5.75 Å². The summed E-state index contributed by atoms with van der Waals surface area (Å²) in [4.78, 5) is 0. The van der Waals surface area contributed by atoms with E-state index in [-0.39, 0.29) is 0 Å². The molecule has 0 aliphatic rings. The summed E-state index contributed by atoms with van der Waals surface area (Å²) in [6.07, 6.45) is 3.33.